The number of hydrogen-bond donors (Lipinski definition) is 0. The summed E-state index contributed by atoms with van der Waals surface area (Å²) in [5.74, 6) is 0.920. The van der Waals surface area contributed by atoms with Gasteiger partial charge < -0.3 is 9.80 Å². The van der Waals surface area contributed by atoms with Crippen LogP contribution in [0.25, 0.3) is 0 Å². The van der Waals surface area contributed by atoms with Crippen LogP contribution in [0.3, 0.4) is 0 Å². The molecule has 0 bridgehead atoms. The lowest BCUT2D eigenvalue weighted by molar-refractivity contribution is 0.313. The number of thioether (sulfide) groups is 2. The van der Waals surface area contributed by atoms with E-state index in [1.54, 1.807) is 0 Å². The Bertz CT molecular complexity index is 1740. The summed E-state index contributed by atoms with van der Waals surface area (Å²) in [6.07, 6.45) is 28.0. The first-order chi connectivity index (χ1) is 26.0. The van der Waals surface area contributed by atoms with Gasteiger partial charge in [-0.25, -0.2) is 0 Å². The van der Waals surface area contributed by atoms with Crippen molar-refractivity contribution in [2.24, 2.45) is 17.3 Å². The molecule has 0 fully saturated rings. The Balaban J connectivity index is 0.000000354. The Hall–Kier alpha value is -3.34. The van der Waals surface area contributed by atoms with Crippen molar-refractivity contribution >= 4 is 29.2 Å². The molecule has 1 aromatic rings. The molecule has 2 atom stereocenters. The predicted octanol–water partition coefficient (Wildman–Crippen LogP) is 16.6. The van der Waals surface area contributed by atoms with E-state index in [-0.39, 0.29) is 10.8 Å². The second kappa shape index (κ2) is 22.4. The molecule has 4 heteroatoms. The predicted molar refractivity (Wildman–Crippen MR) is 254 cm³/mol. The molecule has 2 aliphatic carbocycles. The summed E-state index contributed by atoms with van der Waals surface area (Å²) in [5, 5.41) is 0. The minimum atomic E-state index is 0.185. The normalized spacial score (nSPS) is 18.1. The number of nitrogens with zero attached hydrogens (tertiary/aromatic N) is 2. The summed E-state index contributed by atoms with van der Waals surface area (Å²) in [6.45, 7) is 41.8. The largest absolute Gasteiger partial charge is 0.336 e. The van der Waals surface area contributed by atoms with Gasteiger partial charge in [0.2, 0.25) is 0 Å². The minimum Gasteiger partial charge on any atom is -0.336 e. The zero-order chi connectivity index (χ0) is 41.5. The first kappa shape index (κ1) is 47.8. The van der Waals surface area contributed by atoms with Gasteiger partial charge in [-0.2, -0.15) is 0 Å². The third kappa shape index (κ3) is 13.4. The van der Waals surface area contributed by atoms with Crippen molar-refractivity contribution in [3.05, 3.63) is 158 Å². The maximum absolute atomic E-state index is 3.99. The van der Waals surface area contributed by atoms with Gasteiger partial charge >= 0.3 is 0 Å². The number of rotatable bonds is 7. The Labute approximate surface area is 347 Å². The molecule has 0 saturated carbocycles. The zero-order valence-corrected chi connectivity index (χ0v) is 38.9. The first-order valence-corrected chi connectivity index (χ1v) is 22.1. The molecular weight excluding hydrogens is 705 g/mol. The molecule has 0 radical (unpaired) electrons. The monoisotopic (exact) mass is 779 g/mol. The van der Waals surface area contributed by atoms with Crippen molar-refractivity contribution in [1.82, 2.24) is 4.90 Å². The summed E-state index contributed by atoms with van der Waals surface area (Å²) < 4.78 is 0. The van der Waals surface area contributed by atoms with E-state index in [0.717, 1.165) is 19.4 Å². The number of allylic oxidation sites excluding steroid dienone is 15. The molecule has 0 amide bonds. The lowest BCUT2D eigenvalue weighted by Gasteiger charge is -2.33. The molecule has 2 unspecified atom stereocenters. The SMILES string of the molecule is C=CC(C)C1=CCC2=C(C=C1)N(C/C=C\C(C)C(C)(C)C)C1=C(C=CCC=C1)S2.C=CC1=C(C)SC(C)=C(C)N1c1ccc(C(C)(C)C)cc1.CC.CCC. The molecule has 1 aromatic carbocycles. The van der Waals surface area contributed by atoms with Gasteiger partial charge in [0.05, 0.1) is 17.1 Å². The third-order valence-electron chi connectivity index (χ3n) is 10.0. The van der Waals surface area contributed by atoms with Crippen LogP contribution >= 0.6 is 23.5 Å². The van der Waals surface area contributed by atoms with Gasteiger partial charge in [0, 0.05) is 37.5 Å². The van der Waals surface area contributed by atoms with Gasteiger partial charge in [-0.3, -0.25) is 0 Å². The molecular formula is C51H74N2S2. The fourth-order valence-corrected chi connectivity index (χ4v) is 8.16. The zero-order valence-electron chi connectivity index (χ0n) is 37.3. The summed E-state index contributed by atoms with van der Waals surface area (Å²) in [5.41, 5.74) is 9.51. The number of benzene rings is 1. The standard InChI is InChI=1S/C27H35NS.C19H25NS.C3H8.C2H6/c1-7-20(2)22-15-17-24-26(18-16-22)29-25-14-10-8-9-13-23(25)28(24)19-11-12-21(3)27(4,5)6;1-8-18-15(4)21-14(3)13(2)20(18)17-11-9-16(10-12-17)19(5,6)7;1-3-2;1-2/h7,9-17,20-21H,1,8,18-19H2,2-6H3;8-12H,1H2,2-7H3;3H2,1-2H3;1-2H3/b12-11-;;;. The second-order valence-corrected chi connectivity index (χ2v) is 19.0. The van der Waals surface area contributed by atoms with Crippen LogP contribution in [0.2, 0.25) is 0 Å². The summed E-state index contributed by atoms with van der Waals surface area (Å²) in [7, 11) is 0. The van der Waals surface area contributed by atoms with Gasteiger partial charge in [0.25, 0.3) is 0 Å². The van der Waals surface area contributed by atoms with Gasteiger partial charge in [-0.1, -0.05) is 174 Å². The highest BCUT2D eigenvalue weighted by molar-refractivity contribution is 8.07. The smallest absolute Gasteiger partial charge is 0.0552 e. The molecule has 55 heavy (non-hydrogen) atoms. The third-order valence-corrected chi connectivity index (χ3v) is 12.3. The maximum Gasteiger partial charge on any atom is 0.0552 e. The summed E-state index contributed by atoms with van der Waals surface area (Å²) in [6, 6.07) is 8.89. The Kier molecular flexibility index (Phi) is 19.5. The molecule has 0 spiro atoms. The molecule has 0 aromatic heterocycles. The first-order valence-electron chi connectivity index (χ1n) is 20.5. The molecule has 2 nitrogen and oxygen atoms in total. The van der Waals surface area contributed by atoms with E-state index in [2.05, 4.69) is 192 Å². The molecule has 0 N–H and O–H groups in total. The Morgan fingerprint density at radius 2 is 1.44 bits per heavy atom. The summed E-state index contributed by atoms with van der Waals surface area (Å²) >= 11 is 3.76. The highest BCUT2D eigenvalue weighted by Crippen LogP contribution is 2.45. The summed E-state index contributed by atoms with van der Waals surface area (Å²) in [4.78, 5) is 10.2. The van der Waals surface area contributed by atoms with Crippen LogP contribution in [-0.2, 0) is 5.41 Å². The van der Waals surface area contributed by atoms with Crippen molar-refractivity contribution in [2.75, 3.05) is 11.4 Å². The van der Waals surface area contributed by atoms with E-state index in [9.17, 15) is 0 Å². The lowest BCUT2D eigenvalue weighted by Crippen LogP contribution is -2.25. The van der Waals surface area contributed by atoms with Crippen LogP contribution in [0.5, 0.6) is 0 Å². The van der Waals surface area contributed by atoms with Crippen LogP contribution in [-0.4, -0.2) is 11.4 Å². The number of anilines is 1. The van der Waals surface area contributed by atoms with Crippen LogP contribution in [0.4, 0.5) is 5.69 Å². The topological polar surface area (TPSA) is 6.48 Å². The molecule has 5 rings (SSSR count). The molecule has 0 saturated heterocycles. The van der Waals surface area contributed by atoms with E-state index in [1.165, 1.54) is 65.7 Å². The van der Waals surface area contributed by atoms with Crippen LogP contribution in [0, 0.1) is 17.3 Å². The van der Waals surface area contributed by atoms with Gasteiger partial charge in [0.15, 0.2) is 0 Å². The van der Waals surface area contributed by atoms with Crippen molar-refractivity contribution in [1.29, 1.82) is 0 Å². The maximum atomic E-state index is 3.99. The average Bonchev–Trinajstić information content (AvgIpc) is 3.52. The minimum absolute atomic E-state index is 0.185. The average molecular weight is 779 g/mol. The molecule has 4 aliphatic rings. The van der Waals surface area contributed by atoms with E-state index in [1.807, 2.05) is 49.5 Å². The Morgan fingerprint density at radius 1 is 0.818 bits per heavy atom. The molecule has 300 valence electrons. The second-order valence-electron chi connectivity index (χ2n) is 16.4. The van der Waals surface area contributed by atoms with Crippen LogP contribution in [0.15, 0.2) is 152 Å². The molecule has 2 heterocycles. The molecule has 2 aliphatic heterocycles. The highest BCUT2D eigenvalue weighted by atomic mass is 32.2. The van der Waals surface area contributed by atoms with Crippen molar-refractivity contribution in [2.45, 2.75) is 129 Å². The van der Waals surface area contributed by atoms with Gasteiger partial charge in [0.1, 0.15) is 0 Å². The number of hydrogen-bond acceptors (Lipinski definition) is 4. The van der Waals surface area contributed by atoms with Gasteiger partial charge in [-0.05, 0) is 104 Å². The van der Waals surface area contributed by atoms with Crippen molar-refractivity contribution in [3.63, 3.8) is 0 Å². The van der Waals surface area contributed by atoms with Gasteiger partial charge in [-0.15, -0.1) is 6.58 Å². The fourth-order valence-electron chi connectivity index (χ4n) is 6.02. The van der Waals surface area contributed by atoms with Crippen molar-refractivity contribution in [3.8, 4) is 0 Å². The van der Waals surface area contributed by atoms with Crippen molar-refractivity contribution < 1.29 is 0 Å². The van der Waals surface area contributed by atoms with E-state index in [0.29, 0.717) is 11.8 Å². The lowest BCUT2D eigenvalue weighted by atomic mass is 9.82. The fraction of sp³-hybridized carbons (Fsp3) is 0.451. The van der Waals surface area contributed by atoms with E-state index >= 15 is 0 Å². The van der Waals surface area contributed by atoms with E-state index < -0.39 is 0 Å². The van der Waals surface area contributed by atoms with E-state index in [4.69, 9.17) is 0 Å². The quantitative estimate of drug-likeness (QED) is 0.254. The Morgan fingerprint density at radius 3 is 2.00 bits per heavy atom. The van der Waals surface area contributed by atoms with Crippen LogP contribution in [0.1, 0.15) is 129 Å². The highest BCUT2D eigenvalue weighted by Gasteiger charge is 2.26. The van der Waals surface area contributed by atoms with Crippen LogP contribution < -0.4 is 4.90 Å².